The number of carbonyl (C=O) groups is 1. The van der Waals surface area contributed by atoms with Gasteiger partial charge in [0.1, 0.15) is 5.78 Å². The summed E-state index contributed by atoms with van der Waals surface area (Å²) in [7, 11) is 0. The van der Waals surface area contributed by atoms with Crippen LogP contribution in [0.5, 0.6) is 0 Å². The number of ketones is 1. The molecule has 0 aromatic heterocycles. The van der Waals surface area contributed by atoms with Gasteiger partial charge in [-0.2, -0.15) is 0 Å². The van der Waals surface area contributed by atoms with Crippen molar-refractivity contribution >= 4 is 5.78 Å². The third-order valence-corrected chi connectivity index (χ3v) is 9.13. The monoisotopic (exact) mass is 346 g/mol. The summed E-state index contributed by atoms with van der Waals surface area (Å²) in [6.45, 7) is 10.8. The third-order valence-electron chi connectivity index (χ3n) is 9.13. The van der Waals surface area contributed by atoms with Gasteiger partial charge in [-0.25, -0.2) is 0 Å². The summed E-state index contributed by atoms with van der Waals surface area (Å²) in [5, 5.41) is 0. The van der Waals surface area contributed by atoms with Crippen LogP contribution >= 0.6 is 0 Å². The molecule has 0 aromatic carbocycles. The Hall–Kier alpha value is -0.330. The Morgan fingerprint density at radius 3 is 2.32 bits per heavy atom. The molecule has 0 radical (unpaired) electrons. The number of Topliss-reactive ketones (excluding diaryl/α,β-unsaturated/α-hetero) is 1. The van der Waals surface area contributed by atoms with E-state index in [-0.39, 0.29) is 5.78 Å². The van der Waals surface area contributed by atoms with E-state index in [4.69, 9.17) is 0 Å². The van der Waals surface area contributed by atoms with Gasteiger partial charge in [0.15, 0.2) is 0 Å². The van der Waals surface area contributed by atoms with Gasteiger partial charge in [-0.05, 0) is 112 Å². The van der Waals surface area contributed by atoms with Gasteiger partial charge in [-0.3, -0.25) is 0 Å². The number of rotatable bonds is 1. The van der Waals surface area contributed by atoms with E-state index in [1.807, 2.05) is 0 Å². The summed E-state index contributed by atoms with van der Waals surface area (Å²) in [5.74, 6) is 5.58. The molecule has 4 saturated carbocycles. The van der Waals surface area contributed by atoms with Crippen molar-refractivity contribution in [2.24, 2.45) is 40.4 Å². The van der Waals surface area contributed by atoms with Gasteiger partial charge in [-0.15, -0.1) is 0 Å². The maximum Gasteiger partial charge on any atom is 0.126 e. The molecule has 0 aromatic rings. The quantitative estimate of drug-likeness (QED) is 0.497. The van der Waals surface area contributed by atoms with Crippen LogP contribution in [0.25, 0.3) is 0 Å². The number of hydrogen-bond acceptors (Lipinski definition) is 1. The van der Waals surface area contributed by atoms with E-state index in [1.165, 1.54) is 33.1 Å². The van der Waals surface area contributed by atoms with Crippen LogP contribution in [-0.4, -0.2) is 5.78 Å². The van der Waals surface area contributed by atoms with Crippen molar-refractivity contribution in [2.45, 2.75) is 105 Å². The second-order valence-electron chi connectivity index (χ2n) is 10.7. The molecule has 0 N–H and O–H groups in total. The van der Waals surface area contributed by atoms with Crippen molar-refractivity contribution < 1.29 is 4.79 Å². The van der Waals surface area contributed by atoms with Gasteiger partial charge in [0, 0.05) is 0 Å². The molecule has 25 heavy (non-hydrogen) atoms. The lowest BCUT2D eigenvalue weighted by molar-refractivity contribution is -0.115. The molecule has 7 atom stereocenters. The Balaban J connectivity index is 0.000000415. The van der Waals surface area contributed by atoms with Crippen molar-refractivity contribution in [2.75, 3.05) is 0 Å². The van der Waals surface area contributed by atoms with Crippen molar-refractivity contribution in [3.8, 4) is 0 Å². The van der Waals surface area contributed by atoms with Gasteiger partial charge in [0.25, 0.3) is 0 Å². The maximum atomic E-state index is 9.44. The predicted octanol–water partition coefficient (Wildman–Crippen LogP) is 7.04. The van der Waals surface area contributed by atoms with Gasteiger partial charge in [0.05, 0.1) is 0 Å². The van der Waals surface area contributed by atoms with Crippen LogP contribution in [0.1, 0.15) is 105 Å². The molecule has 4 fully saturated rings. The first-order valence-electron chi connectivity index (χ1n) is 11.3. The average Bonchev–Trinajstić information content (AvgIpc) is 2.95. The van der Waals surface area contributed by atoms with Crippen molar-refractivity contribution in [1.29, 1.82) is 0 Å². The Labute approximate surface area is 156 Å². The van der Waals surface area contributed by atoms with Crippen molar-refractivity contribution in [1.82, 2.24) is 0 Å². The zero-order valence-electron chi connectivity index (χ0n) is 17.6. The van der Waals surface area contributed by atoms with E-state index < -0.39 is 0 Å². The van der Waals surface area contributed by atoms with Crippen LogP contribution in [0.4, 0.5) is 0 Å². The predicted molar refractivity (Wildman–Crippen MR) is 106 cm³/mol. The minimum Gasteiger partial charge on any atom is -0.300 e. The first-order valence-corrected chi connectivity index (χ1v) is 11.3. The van der Waals surface area contributed by atoms with E-state index >= 15 is 0 Å². The lowest BCUT2D eigenvalue weighted by Gasteiger charge is -2.60. The van der Waals surface area contributed by atoms with Crippen LogP contribution in [0, 0.1) is 40.4 Å². The van der Waals surface area contributed by atoms with Gasteiger partial charge >= 0.3 is 0 Å². The molecule has 0 amide bonds. The molecule has 0 aliphatic heterocycles. The second-order valence-corrected chi connectivity index (χ2v) is 10.7. The lowest BCUT2D eigenvalue weighted by atomic mass is 9.44. The fraction of sp³-hybridized carbons (Fsp3) is 0.958. The second kappa shape index (κ2) is 7.35. The Kier molecular flexibility index (Phi) is 5.72. The smallest absolute Gasteiger partial charge is 0.126 e. The maximum absolute atomic E-state index is 9.44. The Bertz CT molecular complexity index is 478. The summed E-state index contributed by atoms with van der Waals surface area (Å²) in [5.41, 5.74) is 1.46. The van der Waals surface area contributed by atoms with Crippen molar-refractivity contribution in [3.05, 3.63) is 0 Å². The average molecular weight is 347 g/mol. The summed E-state index contributed by atoms with van der Waals surface area (Å²) in [6.07, 6.45) is 17.0. The van der Waals surface area contributed by atoms with Crippen molar-refractivity contribution in [3.63, 3.8) is 0 Å². The SMILES string of the molecule is CC(C)=O.CC[C@H]1CC[C@]2(C)C3CC[C@]4(C)CCCC4C3CC[C@H]2C1. The highest BCUT2D eigenvalue weighted by Crippen LogP contribution is 2.66. The summed E-state index contributed by atoms with van der Waals surface area (Å²) < 4.78 is 0. The molecule has 1 heteroatoms. The molecule has 3 unspecified atom stereocenters. The molecule has 0 spiro atoms. The van der Waals surface area contributed by atoms with E-state index in [0.717, 1.165) is 40.4 Å². The van der Waals surface area contributed by atoms with Crippen LogP contribution in [0.2, 0.25) is 0 Å². The highest BCUT2D eigenvalue weighted by atomic mass is 16.1. The molecular formula is C24H42O. The molecule has 4 aliphatic rings. The molecule has 0 bridgehead atoms. The fourth-order valence-electron chi connectivity index (χ4n) is 7.71. The summed E-state index contributed by atoms with van der Waals surface area (Å²) >= 11 is 0. The lowest BCUT2D eigenvalue weighted by Crippen LogP contribution is -2.52. The minimum absolute atomic E-state index is 0.167. The number of hydrogen-bond donors (Lipinski definition) is 0. The molecule has 4 rings (SSSR count). The van der Waals surface area contributed by atoms with Gasteiger partial charge < -0.3 is 4.79 Å². The topological polar surface area (TPSA) is 17.1 Å². The summed E-state index contributed by atoms with van der Waals surface area (Å²) in [6, 6.07) is 0. The minimum atomic E-state index is 0.167. The third kappa shape index (κ3) is 3.59. The molecular weight excluding hydrogens is 304 g/mol. The molecule has 0 saturated heterocycles. The molecule has 144 valence electrons. The van der Waals surface area contributed by atoms with E-state index in [9.17, 15) is 4.79 Å². The first kappa shape index (κ1) is 19.4. The standard InChI is InChI=1S/C21H36.C3H6O/c1-4-15-9-13-21(3)16(14-15)7-8-17-18-6-5-11-20(18,2)12-10-19(17)21;1-3(2)4/h15-19H,4-14H2,1-3H3;1-2H3/t15-,16-,17?,18?,19?,20-,21-;/m0./s1. The van der Waals surface area contributed by atoms with Gasteiger partial charge in [-0.1, -0.05) is 33.6 Å². The van der Waals surface area contributed by atoms with E-state index in [0.29, 0.717) is 0 Å². The number of carbonyl (C=O) groups excluding carboxylic acids is 1. The molecule has 0 heterocycles. The highest BCUT2D eigenvalue weighted by Gasteiger charge is 2.57. The first-order chi connectivity index (χ1) is 11.8. The highest BCUT2D eigenvalue weighted by molar-refractivity contribution is 5.72. The summed E-state index contributed by atoms with van der Waals surface area (Å²) in [4.78, 5) is 9.44. The van der Waals surface area contributed by atoms with Crippen LogP contribution < -0.4 is 0 Å². The van der Waals surface area contributed by atoms with Crippen LogP contribution in [0.15, 0.2) is 0 Å². The van der Waals surface area contributed by atoms with Crippen LogP contribution in [0.3, 0.4) is 0 Å². The molecule has 1 nitrogen and oxygen atoms in total. The normalized spacial score (nSPS) is 48.4. The largest absolute Gasteiger partial charge is 0.300 e. The number of fused-ring (bicyclic) bond motifs is 5. The fourth-order valence-corrected chi connectivity index (χ4v) is 7.71. The van der Waals surface area contributed by atoms with Gasteiger partial charge in [0.2, 0.25) is 0 Å². The molecule has 4 aliphatic carbocycles. The Morgan fingerprint density at radius 2 is 1.64 bits per heavy atom. The zero-order chi connectivity index (χ0) is 18.2. The Morgan fingerprint density at radius 1 is 0.920 bits per heavy atom. The van der Waals surface area contributed by atoms with E-state index in [1.54, 1.807) is 51.4 Å². The van der Waals surface area contributed by atoms with Crippen LogP contribution in [-0.2, 0) is 4.79 Å². The zero-order valence-corrected chi connectivity index (χ0v) is 17.6. The van der Waals surface area contributed by atoms with E-state index in [2.05, 4.69) is 20.8 Å².